The molecule has 21 heavy (non-hydrogen) atoms. The molecule has 1 aromatic heterocycles. The van der Waals surface area contributed by atoms with Gasteiger partial charge in [-0.1, -0.05) is 18.0 Å². The maximum atomic E-state index is 5.96. The van der Waals surface area contributed by atoms with Crippen molar-refractivity contribution in [3.05, 3.63) is 21.3 Å². The molecule has 0 radical (unpaired) electrons. The second kappa shape index (κ2) is 7.42. The first kappa shape index (κ1) is 15.8. The van der Waals surface area contributed by atoms with Gasteiger partial charge in [-0.3, -0.25) is 9.80 Å². The minimum absolute atomic E-state index is 0.692. The van der Waals surface area contributed by atoms with Crippen molar-refractivity contribution in [1.29, 1.82) is 0 Å². The van der Waals surface area contributed by atoms with Crippen LogP contribution in [0.25, 0.3) is 0 Å². The number of fused-ring (bicyclic) bond motifs is 1. The molecule has 0 amide bonds. The molecule has 1 aromatic rings. The van der Waals surface area contributed by atoms with Crippen LogP contribution in [0.1, 0.15) is 31.1 Å². The van der Waals surface area contributed by atoms with E-state index >= 15 is 0 Å². The highest BCUT2D eigenvalue weighted by Crippen LogP contribution is 2.24. The first-order valence-corrected chi connectivity index (χ1v) is 9.35. The molecule has 2 saturated heterocycles. The van der Waals surface area contributed by atoms with Gasteiger partial charge >= 0.3 is 0 Å². The molecule has 3 rings (SSSR count). The molecule has 2 fully saturated rings. The average molecular weight is 328 g/mol. The van der Waals surface area contributed by atoms with Gasteiger partial charge in [0.1, 0.15) is 0 Å². The van der Waals surface area contributed by atoms with Crippen LogP contribution in [-0.4, -0.2) is 54.6 Å². The van der Waals surface area contributed by atoms with Crippen molar-refractivity contribution in [2.45, 2.75) is 44.8 Å². The van der Waals surface area contributed by atoms with Crippen LogP contribution >= 0.6 is 22.9 Å². The lowest BCUT2D eigenvalue weighted by Gasteiger charge is -2.47. The Bertz CT molecular complexity index is 450. The van der Waals surface area contributed by atoms with E-state index in [0.717, 1.165) is 30.0 Å². The van der Waals surface area contributed by atoms with Crippen molar-refractivity contribution in [3.63, 3.8) is 0 Å². The number of nitrogens with one attached hydrogen (secondary N) is 1. The van der Waals surface area contributed by atoms with E-state index in [2.05, 4.69) is 28.1 Å². The molecule has 2 aliphatic rings. The zero-order valence-electron chi connectivity index (χ0n) is 12.9. The summed E-state index contributed by atoms with van der Waals surface area (Å²) < 4.78 is 0.883. The molecule has 1 N–H and O–H groups in total. The monoisotopic (exact) mass is 327 g/mol. The Kier molecular flexibility index (Phi) is 5.57. The predicted molar refractivity (Wildman–Crippen MR) is 91.3 cm³/mol. The number of piperidine rings is 1. The first-order chi connectivity index (χ1) is 10.2. The van der Waals surface area contributed by atoms with E-state index in [1.807, 2.05) is 6.07 Å². The summed E-state index contributed by atoms with van der Waals surface area (Å²) in [6, 6.07) is 5.60. The first-order valence-electron chi connectivity index (χ1n) is 8.15. The standard InChI is InChI=1S/C16H26ClN3S/c1-13-11-20-8-3-2-4-14(20)12-19(13)9-7-18-10-15-5-6-16(17)21-15/h5-6,13-14,18H,2-4,7-12H2,1H3. The van der Waals surface area contributed by atoms with Gasteiger partial charge in [0.15, 0.2) is 0 Å². The largest absolute Gasteiger partial charge is 0.311 e. The van der Waals surface area contributed by atoms with Crippen LogP contribution in [0, 0.1) is 0 Å². The smallest absolute Gasteiger partial charge is 0.0931 e. The number of hydrogen-bond donors (Lipinski definition) is 1. The zero-order chi connectivity index (χ0) is 14.7. The lowest BCUT2D eigenvalue weighted by atomic mass is 9.97. The average Bonchev–Trinajstić information content (AvgIpc) is 2.89. The van der Waals surface area contributed by atoms with Crippen LogP contribution in [0.5, 0.6) is 0 Å². The number of thiophene rings is 1. The number of hydrogen-bond acceptors (Lipinski definition) is 4. The maximum absolute atomic E-state index is 5.96. The van der Waals surface area contributed by atoms with Gasteiger partial charge in [-0.25, -0.2) is 0 Å². The van der Waals surface area contributed by atoms with Gasteiger partial charge in [-0.05, 0) is 38.4 Å². The molecule has 3 nitrogen and oxygen atoms in total. The highest BCUT2D eigenvalue weighted by atomic mass is 35.5. The van der Waals surface area contributed by atoms with E-state index in [4.69, 9.17) is 11.6 Å². The quantitative estimate of drug-likeness (QED) is 0.839. The summed E-state index contributed by atoms with van der Waals surface area (Å²) in [5.74, 6) is 0. The Morgan fingerprint density at radius 3 is 3.05 bits per heavy atom. The van der Waals surface area contributed by atoms with E-state index in [0.29, 0.717) is 6.04 Å². The summed E-state index contributed by atoms with van der Waals surface area (Å²) in [5.41, 5.74) is 0. The van der Waals surface area contributed by atoms with Crippen LogP contribution in [0.4, 0.5) is 0 Å². The molecule has 0 aromatic carbocycles. The van der Waals surface area contributed by atoms with Crippen LogP contribution in [0.2, 0.25) is 4.34 Å². The van der Waals surface area contributed by atoms with Crippen LogP contribution in [0.3, 0.4) is 0 Å². The molecular weight excluding hydrogens is 302 g/mol. The molecule has 3 heterocycles. The molecule has 0 spiro atoms. The summed E-state index contributed by atoms with van der Waals surface area (Å²) in [6.07, 6.45) is 4.21. The molecular formula is C16H26ClN3S. The van der Waals surface area contributed by atoms with Crippen molar-refractivity contribution in [2.24, 2.45) is 0 Å². The maximum Gasteiger partial charge on any atom is 0.0931 e. The Morgan fingerprint density at radius 1 is 1.33 bits per heavy atom. The molecule has 2 unspecified atom stereocenters. The van der Waals surface area contributed by atoms with Gasteiger partial charge in [-0.2, -0.15) is 0 Å². The van der Waals surface area contributed by atoms with Crippen molar-refractivity contribution in [3.8, 4) is 0 Å². The van der Waals surface area contributed by atoms with Gasteiger partial charge in [0.2, 0.25) is 0 Å². The highest BCUT2D eigenvalue weighted by molar-refractivity contribution is 7.16. The van der Waals surface area contributed by atoms with Crippen molar-refractivity contribution < 1.29 is 0 Å². The van der Waals surface area contributed by atoms with Gasteiger partial charge in [-0.15, -0.1) is 11.3 Å². The highest BCUT2D eigenvalue weighted by Gasteiger charge is 2.32. The number of piperazine rings is 1. The molecule has 0 bridgehead atoms. The van der Waals surface area contributed by atoms with Crippen LogP contribution in [0.15, 0.2) is 12.1 Å². The lowest BCUT2D eigenvalue weighted by Crippen LogP contribution is -2.59. The van der Waals surface area contributed by atoms with E-state index in [-0.39, 0.29) is 0 Å². The van der Waals surface area contributed by atoms with Crippen LogP contribution in [-0.2, 0) is 6.54 Å². The van der Waals surface area contributed by atoms with Gasteiger partial charge in [0, 0.05) is 49.7 Å². The molecule has 0 aliphatic carbocycles. The van der Waals surface area contributed by atoms with Crippen molar-refractivity contribution in [2.75, 3.05) is 32.7 Å². The second-order valence-corrected chi connectivity index (χ2v) is 8.17. The Balaban J connectivity index is 1.40. The Labute approximate surface area is 137 Å². The fourth-order valence-electron chi connectivity index (χ4n) is 3.61. The lowest BCUT2D eigenvalue weighted by molar-refractivity contribution is 0.0160. The van der Waals surface area contributed by atoms with E-state index in [1.54, 1.807) is 11.3 Å². The number of rotatable bonds is 5. The van der Waals surface area contributed by atoms with Gasteiger partial charge < -0.3 is 5.32 Å². The summed E-state index contributed by atoms with van der Waals surface area (Å²) in [5, 5.41) is 3.55. The molecule has 118 valence electrons. The van der Waals surface area contributed by atoms with Crippen molar-refractivity contribution in [1.82, 2.24) is 15.1 Å². The summed E-state index contributed by atoms with van der Waals surface area (Å²) in [6.45, 7) is 9.37. The van der Waals surface area contributed by atoms with E-state index in [9.17, 15) is 0 Å². The van der Waals surface area contributed by atoms with Gasteiger partial charge in [0.25, 0.3) is 0 Å². The number of halogens is 1. The fourth-order valence-corrected chi connectivity index (χ4v) is 4.66. The molecule has 0 saturated carbocycles. The summed E-state index contributed by atoms with van der Waals surface area (Å²) in [4.78, 5) is 6.71. The van der Waals surface area contributed by atoms with Crippen molar-refractivity contribution >= 4 is 22.9 Å². The van der Waals surface area contributed by atoms with Gasteiger partial charge in [0.05, 0.1) is 4.34 Å². The van der Waals surface area contributed by atoms with E-state index < -0.39 is 0 Å². The van der Waals surface area contributed by atoms with E-state index in [1.165, 1.54) is 43.8 Å². The normalized spacial score (nSPS) is 27.7. The topological polar surface area (TPSA) is 18.5 Å². The predicted octanol–water partition coefficient (Wildman–Crippen LogP) is 3.05. The molecule has 2 aliphatic heterocycles. The third-order valence-electron chi connectivity index (χ3n) is 4.82. The Hall–Kier alpha value is -0.130. The Morgan fingerprint density at radius 2 is 2.24 bits per heavy atom. The fraction of sp³-hybridized carbons (Fsp3) is 0.750. The minimum Gasteiger partial charge on any atom is -0.311 e. The number of nitrogens with zero attached hydrogens (tertiary/aromatic N) is 2. The molecule has 5 heteroatoms. The summed E-state index contributed by atoms with van der Waals surface area (Å²) in [7, 11) is 0. The van der Waals surface area contributed by atoms with Crippen LogP contribution < -0.4 is 5.32 Å². The third-order valence-corrected chi connectivity index (χ3v) is 6.05. The zero-order valence-corrected chi connectivity index (χ0v) is 14.4. The minimum atomic E-state index is 0.692. The molecule has 2 atom stereocenters. The second-order valence-electron chi connectivity index (χ2n) is 6.37. The summed E-state index contributed by atoms with van der Waals surface area (Å²) >= 11 is 7.63. The SMILES string of the molecule is CC1CN2CCCCC2CN1CCNCc1ccc(Cl)s1. The third kappa shape index (κ3) is 4.20.